The number of hydrogen-bond acceptors (Lipinski definition) is 4. The van der Waals surface area contributed by atoms with Gasteiger partial charge in [0.1, 0.15) is 10.9 Å². The number of rotatable bonds is 6. The first-order valence-corrected chi connectivity index (χ1v) is 14.0. The number of aromatic nitrogens is 2. The molecule has 0 spiro atoms. The predicted molar refractivity (Wildman–Crippen MR) is 140 cm³/mol. The van der Waals surface area contributed by atoms with Crippen LogP contribution in [0.25, 0.3) is 0 Å². The third-order valence-electron chi connectivity index (χ3n) is 7.81. The minimum Gasteiger partial charge on any atom is -0.307 e. The molecule has 3 rings (SSSR count). The van der Waals surface area contributed by atoms with Crippen LogP contribution in [0.1, 0.15) is 134 Å². The van der Waals surface area contributed by atoms with Crippen molar-refractivity contribution in [1.29, 1.82) is 0 Å². The van der Waals surface area contributed by atoms with Crippen molar-refractivity contribution in [3.05, 3.63) is 29.1 Å². The molecule has 3 nitrogen and oxygen atoms in total. The second kappa shape index (κ2) is 11.0. The van der Waals surface area contributed by atoms with Crippen LogP contribution in [0.3, 0.4) is 0 Å². The highest BCUT2D eigenvalue weighted by Crippen LogP contribution is 2.43. The van der Waals surface area contributed by atoms with E-state index >= 15 is 0 Å². The fourth-order valence-electron chi connectivity index (χ4n) is 6.63. The summed E-state index contributed by atoms with van der Waals surface area (Å²) in [5.41, 5.74) is 2.88. The number of hydrogen-bond donors (Lipinski definition) is 1. The molecule has 1 aliphatic carbocycles. The summed E-state index contributed by atoms with van der Waals surface area (Å²) in [6.45, 7) is 18.1. The summed E-state index contributed by atoms with van der Waals surface area (Å²) in [7, 11) is 0. The topological polar surface area (TPSA) is 37.8 Å². The zero-order valence-corrected chi connectivity index (χ0v) is 22.4. The maximum Gasteiger partial charge on any atom is 0.133 e. The van der Waals surface area contributed by atoms with Crippen molar-refractivity contribution in [2.45, 2.75) is 140 Å². The quantitative estimate of drug-likeness (QED) is 0.344. The molecule has 1 saturated carbocycles. The van der Waals surface area contributed by atoms with Crippen molar-refractivity contribution in [3.8, 4) is 0 Å². The van der Waals surface area contributed by atoms with Crippen molar-refractivity contribution in [2.75, 3.05) is 0 Å². The van der Waals surface area contributed by atoms with Gasteiger partial charge in [0.2, 0.25) is 0 Å². The number of nitrogens with zero attached hydrogens (tertiary/aromatic N) is 2. The van der Waals surface area contributed by atoms with E-state index in [1.165, 1.54) is 69.0 Å². The molecule has 0 aromatic carbocycles. The Kier molecular flexibility index (Phi) is 8.88. The van der Waals surface area contributed by atoms with Crippen LogP contribution in [-0.4, -0.2) is 21.0 Å². The minimum absolute atomic E-state index is 0.119. The van der Waals surface area contributed by atoms with E-state index in [-0.39, 0.29) is 11.1 Å². The van der Waals surface area contributed by atoms with Gasteiger partial charge in [0.25, 0.3) is 0 Å². The van der Waals surface area contributed by atoms with E-state index in [9.17, 15) is 0 Å². The van der Waals surface area contributed by atoms with Gasteiger partial charge in [0.05, 0.1) is 5.69 Å². The van der Waals surface area contributed by atoms with Crippen LogP contribution in [0.5, 0.6) is 0 Å². The van der Waals surface area contributed by atoms with Crippen LogP contribution in [0.15, 0.2) is 17.0 Å². The maximum atomic E-state index is 5.41. The standard InChI is InChI=1S/C28H47N3S/c1-8-17-28(7)19-23(20(3)18-27(5,6)31-28)25-29-24(21(4)26(30-25)32-9-2)22-15-13-11-10-12-14-16-22/h9,20,22-23,31H,2,8,10-19H2,1,3-7H3. The Labute approximate surface area is 202 Å². The van der Waals surface area contributed by atoms with Gasteiger partial charge in [-0.1, -0.05) is 70.7 Å². The molecule has 2 aliphatic rings. The van der Waals surface area contributed by atoms with Crippen LogP contribution in [0.4, 0.5) is 0 Å². The Bertz CT molecular complexity index is 766. The molecule has 3 atom stereocenters. The lowest BCUT2D eigenvalue weighted by Crippen LogP contribution is -2.52. The van der Waals surface area contributed by atoms with Crippen molar-refractivity contribution >= 4 is 11.8 Å². The fraction of sp³-hybridized carbons (Fsp3) is 0.786. The molecule has 2 fully saturated rings. The van der Waals surface area contributed by atoms with Crippen molar-refractivity contribution < 1.29 is 0 Å². The lowest BCUT2D eigenvalue weighted by molar-refractivity contribution is 0.231. The van der Waals surface area contributed by atoms with Gasteiger partial charge in [-0.15, -0.1) is 0 Å². The summed E-state index contributed by atoms with van der Waals surface area (Å²) in [6.07, 6.45) is 14.0. The molecule has 0 amide bonds. The number of nitrogens with one attached hydrogen (secondary N) is 1. The van der Waals surface area contributed by atoms with Gasteiger partial charge in [0.15, 0.2) is 0 Å². The first-order chi connectivity index (χ1) is 15.2. The molecule has 0 bridgehead atoms. The summed E-state index contributed by atoms with van der Waals surface area (Å²) in [6, 6.07) is 0. The van der Waals surface area contributed by atoms with E-state index in [0.717, 1.165) is 23.7 Å². The summed E-state index contributed by atoms with van der Waals surface area (Å²) in [5, 5.41) is 7.09. The van der Waals surface area contributed by atoms with Crippen molar-refractivity contribution in [2.24, 2.45) is 5.92 Å². The first kappa shape index (κ1) is 25.7. The SMILES string of the molecule is C=CSc1nc(C2CC(C)(CCC)NC(C)(C)CC2C)nc(C2CCCCCCC2)c1C. The van der Waals surface area contributed by atoms with Gasteiger partial charge >= 0.3 is 0 Å². The highest BCUT2D eigenvalue weighted by molar-refractivity contribution is 8.02. The van der Waals surface area contributed by atoms with Crippen LogP contribution in [0.2, 0.25) is 0 Å². The molecular formula is C28H47N3S. The highest BCUT2D eigenvalue weighted by Gasteiger charge is 2.42. The molecule has 180 valence electrons. The normalized spacial score (nSPS) is 29.7. The average molecular weight is 458 g/mol. The molecule has 1 aromatic heterocycles. The van der Waals surface area contributed by atoms with E-state index in [1.807, 2.05) is 5.41 Å². The summed E-state index contributed by atoms with van der Waals surface area (Å²) >= 11 is 1.68. The van der Waals surface area contributed by atoms with E-state index in [4.69, 9.17) is 9.97 Å². The fourth-order valence-corrected chi connectivity index (χ4v) is 7.22. The zero-order chi connectivity index (χ0) is 23.4. The Morgan fingerprint density at radius 2 is 1.72 bits per heavy atom. The van der Waals surface area contributed by atoms with Crippen LogP contribution < -0.4 is 5.32 Å². The van der Waals surface area contributed by atoms with Gasteiger partial charge in [0, 0.05) is 28.5 Å². The highest BCUT2D eigenvalue weighted by atomic mass is 32.2. The second-order valence-electron chi connectivity index (χ2n) is 11.5. The van der Waals surface area contributed by atoms with Crippen LogP contribution in [0, 0.1) is 12.8 Å². The minimum atomic E-state index is 0.119. The lowest BCUT2D eigenvalue weighted by Gasteiger charge is -2.38. The molecule has 0 radical (unpaired) electrons. The summed E-state index contributed by atoms with van der Waals surface area (Å²) in [5.74, 6) is 2.61. The third kappa shape index (κ3) is 6.38. The van der Waals surface area contributed by atoms with Crippen molar-refractivity contribution in [1.82, 2.24) is 15.3 Å². The molecule has 4 heteroatoms. The van der Waals surface area contributed by atoms with Gasteiger partial charge in [-0.05, 0) is 71.1 Å². The van der Waals surface area contributed by atoms with Crippen molar-refractivity contribution in [3.63, 3.8) is 0 Å². The molecule has 1 aliphatic heterocycles. The summed E-state index contributed by atoms with van der Waals surface area (Å²) < 4.78 is 0. The van der Waals surface area contributed by atoms with E-state index in [0.29, 0.717) is 17.8 Å². The maximum absolute atomic E-state index is 5.41. The largest absolute Gasteiger partial charge is 0.307 e. The molecular weight excluding hydrogens is 410 g/mol. The molecule has 1 saturated heterocycles. The van der Waals surface area contributed by atoms with Gasteiger partial charge < -0.3 is 5.32 Å². The smallest absolute Gasteiger partial charge is 0.133 e. The second-order valence-corrected chi connectivity index (χ2v) is 12.5. The molecule has 1 N–H and O–H groups in total. The van der Waals surface area contributed by atoms with E-state index in [1.54, 1.807) is 11.8 Å². The van der Waals surface area contributed by atoms with Gasteiger partial charge in [-0.3, -0.25) is 0 Å². The van der Waals surface area contributed by atoms with Crippen LogP contribution in [-0.2, 0) is 0 Å². The summed E-state index contributed by atoms with van der Waals surface area (Å²) in [4.78, 5) is 10.6. The van der Waals surface area contributed by atoms with E-state index in [2.05, 4.69) is 53.4 Å². The predicted octanol–water partition coefficient (Wildman–Crippen LogP) is 8.29. The van der Waals surface area contributed by atoms with Crippen LogP contribution >= 0.6 is 11.8 Å². The molecule has 3 unspecified atom stereocenters. The Balaban J connectivity index is 2.04. The molecule has 32 heavy (non-hydrogen) atoms. The zero-order valence-electron chi connectivity index (χ0n) is 21.6. The van der Waals surface area contributed by atoms with Gasteiger partial charge in [-0.25, -0.2) is 9.97 Å². The van der Waals surface area contributed by atoms with E-state index < -0.39 is 0 Å². The Morgan fingerprint density at radius 3 is 2.34 bits per heavy atom. The average Bonchev–Trinajstić information content (AvgIpc) is 2.76. The third-order valence-corrected chi connectivity index (χ3v) is 8.59. The first-order valence-electron chi connectivity index (χ1n) is 13.1. The Morgan fingerprint density at radius 1 is 1.06 bits per heavy atom. The van der Waals surface area contributed by atoms with Gasteiger partial charge in [-0.2, -0.15) is 0 Å². The molecule has 2 heterocycles. The monoisotopic (exact) mass is 457 g/mol. The Hall–Kier alpha value is -0.870. The molecule has 1 aromatic rings. The lowest BCUT2D eigenvalue weighted by atomic mass is 9.79. The number of thioether (sulfide) groups is 1.